The van der Waals surface area contributed by atoms with E-state index in [9.17, 15) is 9.59 Å². The van der Waals surface area contributed by atoms with E-state index in [2.05, 4.69) is 17.6 Å². The van der Waals surface area contributed by atoms with Gasteiger partial charge in [-0.25, -0.2) is 9.59 Å². The molecule has 0 unspecified atom stereocenters. The van der Waals surface area contributed by atoms with E-state index in [1.54, 1.807) is 6.92 Å². The molecule has 146 valence electrons. The predicted molar refractivity (Wildman–Crippen MR) is 102 cm³/mol. The number of nitrogens with one attached hydrogen (secondary N) is 2. The normalized spacial score (nSPS) is 25.4. The molecule has 6 heteroatoms. The number of carbonyl (C=O) groups is 2. The molecule has 2 aliphatic rings. The van der Waals surface area contributed by atoms with Gasteiger partial charge >= 0.3 is 12.0 Å². The standard InChI is InChI=1S/C21H28N2O4/c1-4-26-17-11-6-5-10-16(17)19-18(14(3)22-21(25)23-19)20(24)27-15-9-7-8-13(2)12-15/h5-6,10-11,13,15,19H,4,7-9,12H2,1-3H3,(H2,22,23,25)/t13-,15+,19-/m0/s1. The molecule has 0 radical (unpaired) electrons. The van der Waals surface area contributed by atoms with E-state index in [-0.39, 0.29) is 18.1 Å². The van der Waals surface area contributed by atoms with Crippen LogP contribution in [-0.4, -0.2) is 24.7 Å². The van der Waals surface area contributed by atoms with Crippen molar-refractivity contribution < 1.29 is 19.1 Å². The van der Waals surface area contributed by atoms with Gasteiger partial charge in [0.25, 0.3) is 0 Å². The minimum atomic E-state index is -0.602. The number of benzene rings is 1. The molecular weight excluding hydrogens is 344 g/mol. The molecule has 0 saturated heterocycles. The van der Waals surface area contributed by atoms with Crippen molar-refractivity contribution >= 4 is 12.0 Å². The number of ether oxygens (including phenoxy) is 2. The highest BCUT2D eigenvalue weighted by atomic mass is 16.5. The predicted octanol–water partition coefficient (Wildman–Crippen LogP) is 3.84. The zero-order chi connectivity index (χ0) is 19.4. The second-order valence-corrected chi connectivity index (χ2v) is 7.34. The smallest absolute Gasteiger partial charge is 0.338 e. The first-order valence-corrected chi connectivity index (χ1v) is 9.70. The topological polar surface area (TPSA) is 76.7 Å². The lowest BCUT2D eigenvalue weighted by molar-refractivity contribution is -0.146. The van der Waals surface area contributed by atoms with Gasteiger partial charge in [0.2, 0.25) is 0 Å². The molecule has 3 atom stereocenters. The summed E-state index contributed by atoms with van der Waals surface area (Å²) in [7, 11) is 0. The first kappa shape index (κ1) is 19.3. The van der Waals surface area contributed by atoms with Gasteiger partial charge in [-0.05, 0) is 45.1 Å². The molecule has 3 rings (SSSR count). The van der Waals surface area contributed by atoms with E-state index in [1.807, 2.05) is 31.2 Å². The lowest BCUT2D eigenvalue weighted by Gasteiger charge is -2.31. The zero-order valence-electron chi connectivity index (χ0n) is 16.2. The van der Waals surface area contributed by atoms with E-state index in [4.69, 9.17) is 9.47 Å². The molecule has 0 spiro atoms. The zero-order valence-corrected chi connectivity index (χ0v) is 16.2. The van der Waals surface area contributed by atoms with Crippen LogP contribution in [0.5, 0.6) is 5.75 Å². The summed E-state index contributed by atoms with van der Waals surface area (Å²) in [5, 5.41) is 5.55. The number of para-hydroxylation sites is 1. The fraction of sp³-hybridized carbons (Fsp3) is 0.524. The Kier molecular flexibility index (Phi) is 6.04. The SMILES string of the molecule is CCOc1ccccc1[C@@H]1NC(=O)NC(C)=C1C(=O)O[C@@H]1CCC[C@H](C)C1. The Morgan fingerprint density at radius 2 is 2.04 bits per heavy atom. The second-order valence-electron chi connectivity index (χ2n) is 7.34. The van der Waals surface area contributed by atoms with Crippen LogP contribution in [0.1, 0.15) is 58.1 Å². The average Bonchev–Trinajstić information content (AvgIpc) is 2.61. The summed E-state index contributed by atoms with van der Waals surface area (Å²) in [5.74, 6) is 0.831. The van der Waals surface area contributed by atoms with E-state index >= 15 is 0 Å². The maximum Gasteiger partial charge on any atom is 0.338 e. The lowest BCUT2D eigenvalue weighted by atomic mass is 9.88. The maximum absolute atomic E-state index is 13.0. The molecule has 1 aliphatic carbocycles. The highest BCUT2D eigenvalue weighted by Crippen LogP contribution is 2.34. The Bertz CT molecular complexity index is 743. The van der Waals surface area contributed by atoms with Gasteiger partial charge in [0.05, 0.1) is 18.2 Å². The minimum Gasteiger partial charge on any atom is -0.494 e. The van der Waals surface area contributed by atoms with Crippen LogP contribution in [0.4, 0.5) is 4.79 Å². The molecule has 1 aromatic carbocycles. The molecule has 0 bridgehead atoms. The van der Waals surface area contributed by atoms with Gasteiger partial charge in [-0.1, -0.05) is 31.5 Å². The number of esters is 1. The molecule has 2 amide bonds. The van der Waals surface area contributed by atoms with Gasteiger partial charge < -0.3 is 20.1 Å². The van der Waals surface area contributed by atoms with Gasteiger partial charge in [0, 0.05) is 11.3 Å². The summed E-state index contributed by atoms with van der Waals surface area (Å²) in [5.41, 5.74) is 1.70. The van der Waals surface area contributed by atoms with Crippen molar-refractivity contribution in [1.29, 1.82) is 0 Å². The van der Waals surface area contributed by atoms with Crippen LogP contribution >= 0.6 is 0 Å². The molecule has 1 saturated carbocycles. The number of hydrogen-bond donors (Lipinski definition) is 2. The first-order chi connectivity index (χ1) is 13.0. The molecule has 27 heavy (non-hydrogen) atoms. The third kappa shape index (κ3) is 4.43. The Balaban J connectivity index is 1.89. The highest BCUT2D eigenvalue weighted by Gasteiger charge is 2.35. The number of carbonyl (C=O) groups excluding carboxylic acids is 2. The molecule has 1 heterocycles. The fourth-order valence-corrected chi connectivity index (χ4v) is 3.90. The van der Waals surface area contributed by atoms with Crippen LogP contribution < -0.4 is 15.4 Å². The molecule has 0 aromatic heterocycles. The minimum absolute atomic E-state index is 0.0676. The summed E-state index contributed by atoms with van der Waals surface area (Å²) in [6.45, 7) is 6.32. The van der Waals surface area contributed by atoms with Gasteiger partial charge in [0.1, 0.15) is 11.9 Å². The van der Waals surface area contributed by atoms with Crippen LogP contribution in [0.3, 0.4) is 0 Å². The lowest BCUT2D eigenvalue weighted by Crippen LogP contribution is -2.45. The van der Waals surface area contributed by atoms with Crippen molar-refractivity contribution in [3.8, 4) is 5.75 Å². The summed E-state index contributed by atoms with van der Waals surface area (Å²) < 4.78 is 11.5. The van der Waals surface area contributed by atoms with Crippen LogP contribution in [0.25, 0.3) is 0 Å². The van der Waals surface area contributed by atoms with E-state index in [0.29, 0.717) is 29.5 Å². The van der Waals surface area contributed by atoms with Gasteiger partial charge in [-0.15, -0.1) is 0 Å². The molecule has 6 nitrogen and oxygen atoms in total. The van der Waals surface area contributed by atoms with E-state index < -0.39 is 6.04 Å². The van der Waals surface area contributed by atoms with Crippen LogP contribution in [-0.2, 0) is 9.53 Å². The quantitative estimate of drug-likeness (QED) is 0.770. The Hall–Kier alpha value is -2.50. The number of allylic oxidation sites excluding steroid dienone is 1. The number of rotatable bonds is 5. The molecular formula is C21H28N2O4. The number of amides is 2. The Morgan fingerprint density at radius 3 is 2.78 bits per heavy atom. The van der Waals surface area contributed by atoms with Crippen molar-refractivity contribution in [1.82, 2.24) is 10.6 Å². The van der Waals surface area contributed by atoms with Gasteiger partial charge in [-0.3, -0.25) is 0 Å². The first-order valence-electron chi connectivity index (χ1n) is 9.70. The van der Waals surface area contributed by atoms with Crippen molar-refractivity contribution in [3.05, 3.63) is 41.1 Å². The van der Waals surface area contributed by atoms with E-state index in [0.717, 1.165) is 24.8 Å². The van der Waals surface area contributed by atoms with Crippen LogP contribution in [0.2, 0.25) is 0 Å². The van der Waals surface area contributed by atoms with Crippen molar-refractivity contribution in [2.45, 2.75) is 58.6 Å². The third-order valence-electron chi connectivity index (χ3n) is 5.18. The maximum atomic E-state index is 13.0. The summed E-state index contributed by atoms with van der Waals surface area (Å²) in [6.07, 6.45) is 3.96. The second kappa shape index (κ2) is 8.46. The monoisotopic (exact) mass is 372 g/mol. The highest BCUT2D eigenvalue weighted by molar-refractivity contribution is 5.95. The van der Waals surface area contributed by atoms with Crippen LogP contribution in [0.15, 0.2) is 35.5 Å². The van der Waals surface area contributed by atoms with Gasteiger partial charge in [0.15, 0.2) is 0 Å². The molecule has 2 N–H and O–H groups in total. The summed E-state index contributed by atoms with van der Waals surface area (Å²) >= 11 is 0. The summed E-state index contributed by atoms with van der Waals surface area (Å²) in [6, 6.07) is 6.50. The van der Waals surface area contributed by atoms with E-state index in [1.165, 1.54) is 6.42 Å². The van der Waals surface area contributed by atoms with Crippen molar-refractivity contribution in [2.75, 3.05) is 6.61 Å². The number of hydrogen-bond acceptors (Lipinski definition) is 4. The van der Waals surface area contributed by atoms with Crippen LogP contribution in [0, 0.1) is 5.92 Å². The van der Waals surface area contributed by atoms with Crippen molar-refractivity contribution in [2.24, 2.45) is 5.92 Å². The fourth-order valence-electron chi connectivity index (χ4n) is 3.90. The number of urea groups is 1. The molecule has 1 aromatic rings. The third-order valence-corrected chi connectivity index (χ3v) is 5.18. The Labute approximate surface area is 160 Å². The van der Waals surface area contributed by atoms with Crippen molar-refractivity contribution in [3.63, 3.8) is 0 Å². The molecule has 1 fully saturated rings. The Morgan fingerprint density at radius 1 is 1.26 bits per heavy atom. The summed E-state index contributed by atoms with van der Waals surface area (Å²) in [4.78, 5) is 25.1. The largest absolute Gasteiger partial charge is 0.494 e. The average molecular weight is 372 g/mol. The van der Waals surface area contributed by atoms with Gasteiger partial charge in [-0.2, -0.15) is 0 Å². The molecule has 1 aliphatic heterocycles.